The van der Waals surface area contributed by atoms with Gasteiger partial charge in [0.2, 0.25) is 0 Å². The van der Waals surface area contributed by atoms with E-state index in [2.05, 4.69) is 72.7 Å². The average molecular weight is 511 g/mol. The molecule has 0 unspecified atom stereocenters. The summed E-state index contributed by atoms with van der Waals surface area (Å²) in [6, 6.07) is 0. The van der Waals surface area contributed by atoms with E-state index in [1.807, 2.05) is 0 Å². The van der Waals surface area contributed by atoms with Crippen LogP contribution in [0.3, 0.4) is 0 Å². The van der Waals surface area contributed by atoms with Gasteiger partial charge in [-0.1, -0.05) is 58.3 Å². The fraction of sp³-hybridized carbons (Fsp3) is 0.967. The van der Waals surface area contributed by atoms with Gasteiger partial charge in [-0.15, -0.1) is 0 Å². The summed E-state index contributed by atoms with van der Waals surface area (Å²) in [4.78, 5) is 19.1. The number of carbonyl (C=O) groups excluding carboxylic acids is 1. The van der Waals surface area contributed by atoms with Crippen LogP contribution in [0.2, 0.25) is 0 Å². The van der Waals surface area contributed by atoms with Crippen LogP contribution in [0.25, 0.3) is 0 Å². The smallest absolute Gasteiger partial charge is 0.431 e. The van der Waals surface area contributed by atoms with E-state index < -0.39 is 6.16 Å². The molecule has 2 saturated heterocycles. The van der Waals surface area contributed by atoms with Gasteiger partial charge in [-0.3, -0.25) is 4.84 Å². The predicted molar refractivity (Wildman–Crippen MR) is 148 cm³/mol. The first-order chi connectivity index (χ1) is 16.7. The van der Waals surface area contributed by atoms with E-state index in [1.54, 1.807) is 0 Å². The van der Waals surface area contributed by atoms with Crippen LogP contribution in [0, 0.1) is 0 Å². The Morgan fingerprint density at radius 2 is 1.11 bits per heavy atom. The van der Waals surface area contributed by atoms with E-state index in [9.17, 15) is 4.79 Å². The van der Waals surface area contributed by atoms with Crippen LogP contribution in [-0.4, -0.2) is 52.2 Å². The first-order valence-corrected chi connectivity index (χ1v) is 14.8. The summed E-state index contributed by atoms with van der Waals surface area (Å²) in [5.74, 6) is 0. The zero-order chi connectivity index (χ0) is 27.0. The predicted octanol–water partition coefficient (Wildman–Crippen LogP) is 7.93. The van der Waals surface area contributed by atoms with E-state index in [0.29, 0.717) is 0 Å². The molecule has 0 saturated carbocycles. The second-order valence-electron chi connectivity index (χ2n) is 14.0. The van der Waals surface area contributed by atoms with Gasteiger partial charge in [0.15, 0.2) is 0 Å². The first-order valence-electron chi connectivity index (χ1n) is 14.8. The number of hydrogen-bond acceptors (Lipinski definition) is 6. The SMILES string of the molecule is CCCCCCCCCCCON1C(C)(C)CC(OC(=O)OC2CC(C)(C)NC(C)(C)C2)CC1(C)C. The Balaban J connectivity index is 1.76. The van der Waals surface area contributed by atoms with Crippen molar-refractivity contribution in [3.05, 3.63) is 0 Å². The van der Waals surface area contributed by atoms with Gasteiger partial charge in [-0.25, -0.2) is 4.79 Å². The number of nitrogens with zero attached hydrogens (tertiary/aromatic N) is 1. The molecule has 212 valence electrons. The van der Waals surface area contributed by atoms with E-state index in [0.717, 1.165) is 38.7 Å². The van der Waals surface area contributed by atoms with Crippen molar-refractivity contribution < 1.29 is 19.1 Å². The Bertz CT molecular complexity index is 640. The molecule has 0 aliphatic carbocycles. The molecule has 6 heteroatoms. The molecule has 0 amide bonds. The summed E-state index contributed by atoms with van der Waals surface area (Å²) in [7, 11) is 0. The van der Waals surface area contributed by atoms with Crippen molar-refractivity contribution in [1.29, 1.82) is 0 Å². The molecule has 0 radical (unpaired) electrons. The lowest BCUT2D eigenvalue weighted by Crippen LogP contribution is -2.62. The molecule has 0 bridgehead atoms. The summed E-state index contributed by atoms with van der Waals surface area (Å²) in [6.07, 6.45) is 13.9. The Morgan fingerprint density at radius 1 is 0.694 bits per heavy atom. The van der Waals surface area contributed by atoms with Crippen molar-refractivity contribution in [2.45, 2.75) is 180 Å². The van der Waals surface area contributed by atoms with Crippen molar-refractivity contribution in [1.82, 2.24) is 10.4 Å². The van der Waals surface area contributed by atoms with E-state index in [1.165, 1.54) is 51.4 Å². The number of carbonyl (C=O) groups is 1. The van der Waals surface area contributed by atoms with Crippen LogP contribution < -0.4 is 5.32 Å². The van der Waals surface area contributed by atoms with Crippen molar-refractivity contribution in [3.8, 4) is 0 Å². The zero-order valence-corrected chi connectivity index (χ0v) is 25.1. The topological polar surface area (TPSA) is 60.0 Å². The maximum Gasteiger partial charge on any atom is 0.508 e. The summed E-state index contributed by atoms with van der Waals surface area (Å²) in [5, 5.41) is 5.79. The normalized spacial score (nSPS) is 23.9. The zero-order valence-electron chi connectivity index (χ0n) is 25.1. The van der Waals surface area contributed by atoms with Gasteiger partial charge in [0.25, 0.3) is 0 Å². The van der Waals surface area contributed by atoms with Gasteiger partial charge >= 0.3 is 6.16 Å². The second kappa shape index (κ2) is 13.3. The van der Waals surface area contributed by atoms with Gasteiger partial charge in [0.05, 0.1) is 6.61 Å². The molecule has 0 atom stereocenters. The lowest BCUT2D eigenvalue weighted by Gasteiger charge is -2.53. The molecule has 0 aromatic rings. The Hall–Kier alpha value is -0.850. The molecule has 0 aromatic heterocycles. The molecular formula is C30H58N2O4. The molecule has 0 aromatic carbocycles. The van der Waals surface area contributed by atoms with Crippen LogP contribution in [0.5, 0.6) is 0 Å². The summed E-state index contributed by atoms with van der Waals surface area (Å²) in [5.41, 5.74) is -0.614. The first kappa shape index (κ1) is 31.4. The van der Waals surface area contributed by atoms with Gasteiger partial charge in [-0.05, 0) is 61.8 Å². The highest BCUT2D eigenvalue weighted by atomic mass is 16.7. The van der Waals surface area contributed by atoms with Gasteiger partial charge in [-0.2, -0.15) is 5.06 Å². The van der Waals surface area contributed by atoms with Gasteiger partial charge < -0.3 is 14.8 Å². The highest BCUT2D eigenvalue weighted by molar-refractivity contribution is 5.60. The molecule has 2 fully saturated rings. The molecule has 6 nitrogen and oxygen atoms in total. The van der Waals surface area contributed by atoms with E-state index in [4.69, 9.17) is 14.3 Å². The molecule has 2 aliphatic rings. The molecule has 2 aliphatic heterocycles. The lowest BCUT2D eigenvalue weighted by atomic mass is 9.80. The number of unbranched alkanes of at least 4 members (excludes halogenated alkanes) is 8. The summed E-state index contributed by atoms with van der Waals surface area (Å²) < 4.78 is 11.7. The van der Waals surface area contributed by atoms with E-state index in [-0.39, 0.29) is 34.4 Å². The number of nitrogens with one attached hydrogen (secondary N) is 1. The number of ether oxygens (including phenoxy) is 2. The fourth-order valence-corrected chi connectivity index (χ4v) is 6.78. The third kappa shape index (κ3) is 10.5. The lowest BCUT2D eigenvalue weighted by molar-refractivity contribution is -0.293. The number of piperidine rings is 2. The summed E-state index contributed by atoms with van der Waals surface area (Å²) >= 11 is 0. The molecular weight excluding hydrogens is 452 g/mol. The average Bonchev–Trinajstić information content (AvgIpc) is 2.67. The maximum atomic E-state index is 12.8. The Labute approximate surface area is 222 Å². The van der Waals surface area contributed by atoms with Crippen LogP contribution >= 0.6 is 0 Å². The largest absolute Gasteiger partial charge is 0.508 e. The van der Waals surface area contributed by atoms with Crippen LogP contribution in [0.15, 0.2) is 0 Å². The highest BCUT2D eigenvalue weighted by Gasteiger charge is 2.48. The Morgan fingerprint density at radius 3 is 1.58 bits per heavy atom. The maximum absolute atomic E-state index is 12.8. The third-order valence-electron chi connectivity index (χ3n) is 7.70. The highest BCUT2D eigenvalue weighted by Crippen LogP contribution is 2.40. The monoisotopic (exact) mass is 510 g/mol. The minimum Gasteiger partial charge on any atom is -0.431 e. The van der Waals surface area contributed by atoms with Crippen LogP contribution in [0.4, 0.5) is 4.79 Å². The van der Waals surface area contributed by atoms with Crippen LogP contribution in [-0.2, 0) is 14.3 Å². The van der Waals surface area contributed by atoms with Crippen LogP contribution in [0.1, 0.15) is 146 Å². The number of rotatable bonds is 13. The molecule has 1 N–H and O–H groups in total. The van der Waals surface area contributed by atoms with Gasteiger partial charge in [0, 0.05) is 47.8 Å². The minimum absolute atomic E-state index is 0.0754. The van der Waals surface area contributed by atoms with E-state index >= 15 is 0 Å². The van der Waals surface area contributed by atoms with Crippen molar-refractivity contribution in [3.63, 3.8) is 0 Å². The molecule has 36 heavy (non-hydrogen) atoms. The Kier molecular flexibility index (Phi) is 11.6. The number of hydrogen-bond donors (Lipinski definition) is 1. The summed E-state index contributed by atoms with van der Waals surface area (Å²) in [6.45, 7) is 20.4. The number of hydroxylamine groups is 2. The van der Waals surface area contributed by atoms with Gasteiger partial charge in [0.1, 0.15) is 12.2 Å². The third-order valence-corrected chi connectivity index (χ3v) is 7.70. The molecule has 2 heterocycles. The minimum atomic E-state index is -0.533. The van der Waals surface area contributed by atoms with Crippen molar-refractivity contribution in [2.75, 3.05) is 6.61 Å². The fourth-order valence-electron chi connectivity index (χ4n) is 6.78. The van der Waals surface area contributed by atoms with Crippen molar-refractivity contribution in [2.24, 2.45) is 0 Å². The standard InChI is InChI=1S/C30H58N2O4/c1-10-11-12-13-14-15-16-17-18-19-34-32-29(6,7)22-25(23-30(32,8)9)36-26(33)35-24-20-27(2,3)31-28(4,5)21-24/h24-25,31H,10-23H2,1-9H3. The quantitative estimate of drug-likeness (QED) is 0.200. The molecule has 0 spiro atoms. The van der Waals surface area contributed by atoms with Crippen molar-refractivity contribution >= 4 is 6.16 Å². The molecule has 2 rings (SSSR count). The second-order valence-corrected chi connectivity index (χ2v) is 14.0.